The van der Waals surface area contributed by atoms with Crippen LogP contribution in [-0.2, 0) is 0 Å². The van der Waals surface area contributed by atoms with Gasteiger partial charge in [-0.2, -0.15) is 0 Å². The Morgan fingerprint density at radius 3 is 2.43 bits per heavy atom. The van der Waals surface area contributed by atoms with E-state index < -0.39 is 0 Å². The number of hydrogen-bond acceptors (Lipinski definition) is 1. The summed E-state index contributed by atoms with van der Waals surface area (Å²) in [5.74, 6) is 1.63. The highest BCUT2D eigenvalue weighted by molar-refractivity contribution is 4.90. The van der Waals surface area contributed by atoms with Crippen molar-refractivity contribution in [3.05, 3.63) is 0 Å². The summed E-state index contributed by atoms with van der Waals surface area (Å²) in [6.07, 6.45) is 6.01. The summed E-state index contributed by atoms with van der Waals surface area (Å²) in [4.78, 5) is 0. The van der Waals surface area contributed by atoms with Gasteiger partial charge < -0.3 is 5.11 Å². The van der Waals surface area contributed by atoms with Crippen molar-refractivity contribution in [1.29, 1.82) is 0 Å². The Morgan fingerprint density at radius 2 is 2.00 bits per heavy atom. The van der Waals surface area contributed by atoms with Gasteiger partial charge in [0.15, 0.2) is 0 Å². The molecule has 0 heterocycles. The Morgan fingerprint density at radius 1 is 1.36 bits per heavy atom. The molecule has 0 amide bonds. The average Bonchev–Trinajstić information content (AvgIpc) is 2.12. The molecule has 14 heavy (non-hydrogen) atoms. The SMILES string of the molecule is CCCC1(C(C)O)CC[C@H](C)[C@H](C)C1. The molecule has 1 N–H and O–H groups in total. The van der Waals surface area contributed by atoms with Crippen LogP contribution < -0.4 is 0 Å². The first-order valence-electron chi connectivity index (χ1n) is 6.20. The van der Waals surface area contributed by atoms with Gasteiger partial charge in [-0.3, -0.25) is 0 Å². The summed E-state index contributed by atoms with van der Waals surface area (Å²) in [5.41, 5.74) is 0.237. The van der Waals surface area contributed by atoms with Gasteiger partial charge in [0.25, 0.3) is 0 Å². The van der Waals surface area contributed by atoms with Crippen LogP contribution in [0.25, 0.3) is 0 Å². The van der Waals surface area contributed by atoms with Crippen LogP contribution in [0.2, 0.25) is 0 Å². The third kappa shape index (κ3) is 2.31. The topological polar surface area (TPSA) is 20.2 Å². The number of aliphatic hydroxyl groups is 1. The molecule has 1 heteroatoms. The Kier molecular flexibility index (Phi) is 4.00. The average molecular weight is 198 g/mol. The van der Waals surface area contributed by atoms with E-state index in [4.69, 9.17) is 0 Å². The van der Waals surface area contributed by atoms with Gasteiger partial charge in [0.2, 0.25) is 0 Å². The zero-order valence-corrected chi connectivity index (χ0v) is 10.2. The molecule has 1 saturated carbocycles. The van der Waals surface area contributed by atoms with E-state index in [1.807, 2.05) is 6.92 Å². The Labute approximate surface area is 88.9 Å². The van der Waals surface area contributed by atoms with E-state index in [0.29, 0.717) is 0 Å². The van der Waals surface area contributed by atoms with E-state index in [1.54, 1.807) is 0 Å². The highest BCUT2D eigenvalue weighted by Crippen LogP contribution is 2.47. The van der Waals surface area contributed by atoms with Gasteiger partial charge in [-0.25, -0.2) is 0 Å². The van der Waals surface area contributed by atoms with Crippen LogP contribution in [0.1, 0.15) is 59.8 Å². The van der Waals surface area contributed by atoms with Crippen LogP contribution in [0.5, 0.6) is 0 Å². The molecule has 4 atom stereocenters. The molecule has 1 nitrogen and oxygen atoms in total. The quantitative estimate of drug-likeness (QED) is 0.734. The van der Waals surface area contributed by atoms with Crippen LogP contribution >= 0.6 is 0 Å². The van der Waals surface area contributed by atoms with Crippen molar-refractivity contribution in [2.75, 3.05) is 0 Å². The summed E-state index contributed by atoms with van der Waals surface area (Å²) >= 11 is 0. The normalized spacial score (nSPS) is 40.9. The number of aliphatic hydroxyl groups excluding tert-OH is 1. The molecule has 0 saturated heterocycles. The maximum absolute atomic E-state index is 9.96. The third-order valence-electron chi connectivity index (χ3n) is 4.43. The summed E-state index contributed by atoms with van der Waals surface area (Å²) in [6.45, 7) is 8.91. The van der Waals surface area contributed by atoms with Crippen LogP contribution in [0, 0.1) is 17.3 Å². The molecule has 0 aromatic heterocycles. The van der Waals surface area contributed by atoms with Gasteiger partial charge >= 0.3 is 0 Å². The monoisotopic (exact) mass is 198 g/mol. The summed E-state index contributed by atoms with van der Waals surface area (Å²) in [7, 11) is 0. The fraction of sp³-hybridized carbons (Fsp3) is 1.00. The first kappa shape index (κ1) is 12.0. The van der Waals surface area contributed by atoms with E-state index in [0.717, 1.165) is 11.8 Å². The molecule has 0 radical (unpaired) electrons. The van der Waals surface area contributed by atoms with E-state index in [1.165, 1.54) is 32.1 Å². The lowest BCUT2D eigenvalue weighted by Crippen LogP contribution is -2.39. The predicted molar refractivity (Wildman–Crippen MR) is 61.2 cm³/mol. The molecule has 1 aliphatic rings. The van der Waals surface area contributed by atoms with Crippen LogP contribution in [0.15, 0.2) is 0 Å². The number of rotatable bonds is 3. The van der Waals surface area contributed by atoms with Gasteiger partial charge in [-0.05, 0) is 49.9 Å². The zero-order chi connectivity index (χ0) is 10.8. The standard InChI is InChI=1S/C13H26O/c1-5-7-13(12(4)14)8-6-10(2)11(3)9-13/h10-12,14H,5-9H2,1-4H3/t10-,11+,12?,13?/m0/s1. The smallest absolute Gasteiger partial charge is 0.0568 e. The van der Waals surface area contributed by atoms with Crippen molar-refractivity contribution in [1.82, 2.24) is 0 Å². The first-order chi connectivity index (χ1) is 6.52. The molecule has 2 unspecified atom stereocenters. The maximum atomic E-state index is 9.96. The Balaban J connectivity index is 2.69. The molecule has 1 rings (SSSR count). The lowest BCUT2D eigenvalue weighted by molar-refractivity contribution is -0.0265. The second-order valence-electron chi connectivity index (χ2n) is 5.49. The lowest BCUT2D eigenvalue weighted by Gasteiger charge is -2.45. The Hall–Kier alpha value is -0.0400. The van der Waals surface area contributed by atoms with Crippen LogP contribution in [0.4, 0.5) is 0 Å². The van der Waals surface area contributed by atoms with Gasteiger partial charge in [0, 0.05) is 0 Å². The molecular weight excluding hydrogens is 172 g/mol. The van der Waals surface area contributed by atoms with Crippen molar-refractivity contribution in [2.45, 2.75) is 65.9 Å². The van der Waals surface area contributed by atoms with E-state index >= 15 is 0 Å². The summed E-state index contributed by atoms with van der Waals surface area (Å²) in [5, 5.41) is 9.96. The zero-order valence-electron chi connectivity index (χ0n) is 10.2. The Bertz CT molecular complexity index is 176. The fourth-order valence-corrected chi connectivity index (χ4v) is 3.06. The molecule has 0 bridgehead atoms. The predicted octanol–water partition coefficient (Wildman–Crippen LogP) is 3.61. The molecule has 0 aromatic rings. The molecule has 0 aromatic carbocycles. The number of hydrogen-bond donors (Lipinski definition) is 1. The lowest BCUT2D eigenvalue weighted by atomic mass is 9.62. The summed E-state index contributed by atoms with van der Waals surface area (Å²) < 4.78 is 0. The molecule has 0 spiro atoms. The van der Waals surface area contributed by atoms with E-state index in [9.17, 15) is 5.11 Å². The summed E-state index contributed by atoms with van der Waals surface area (Å²) in [6, 6.07) is 0. The van der Waals surface area contributed by atoms with E-state index in [2.05, 4.69) is 20.8 Å². The highest BCUT2D eigenvalue weighted by atomic mass is 16.3. The maximum Gasteiger partial charge on any atom is 0.0568 e. The van der Waals surface area contributed by atoms with Gasteiger partial charge in [0.1, 0.15) is 0 Å². The minimum atomic E-state index is -0.127. The molecule has 84 valence electrons. The van der Waals surface area contributed by atoms with Crippen molar-refractivity contribution in [3.8, 4) is 0 Å². The minimum Gasteiger partial charge on any atom is -0.393 e. The van der Waals surface area contributed by atoms with Gasteiger partial charge in [0.05, 0.1) is 6.10 Å². The van der Waals surface area contributed by atoms with Crippen LogP contribution in [-0.4, -0.2) is 11.2 Å². The second kappa shape index (κ2) is 4.65. The highest BCUT2D eigenvalue weighted by Gasteiger charge is 2.40. The van der Waals surface area contributed by atoms with E-state index in [-0.39, 0.29) is 11.5 Å². The van der Waals surface area contributed by atoms with Gasteiger partial charge in [-0.1, -0.05) is 27.2 Å². The molecule has 1 fully saturated rings. The second-order valence-corrected chi connectivity index (χ2v) is 5.49. The molecule has 1 aliphatic carbocycles. The van der Waals surface area contributed by atoms with Crippen LogP contribution in [0.3, 0.4) is 0 Å². The van der Waals surface area contributed by atoms with Gasteiger partial charge in [-0.15, -0.1) is 0 Å². The molecule has 0 aliphatic heterocycles. The largest absolute Gasteiger partial charge is 0.393 e. The minimum absolute atomic E-state index is 0.127. The van der Waals surface area contributed by atoms with Crippen molar-refractivity contribution in [2.24, 2.45) is 17.3 Å². The molecular formula is C13H26O. The van der Waals surface area contributed by atoms with Crippen molar-refractivity contribution in [3.63, 3.8) is 0 Å². The van der Waals surface area contributed by atoms with Crippen molar-refractivity contribution >= 4 is 0 Å². The third-order valence-corrected chi connectivity index (χ3v) is 4.43. The first-order valence-corrected chi connectivity index (χ1v) is 6.20. The fourth-order valence-electron chi connectivity index (χ4n) is 3.06. The van der Waals surface area contributed by atoms with Crippen molar-refractivity contribution < 1.29 is 5.11 Å².